The van der Waals surface area contributed by atoms with E-state index in [1.165, 1.54) is 128 Å². The van der Waals surface area contributed by atoms with E-state index in [0.717, 1.165) is 18.8 Å². The second-order valence-electron chi connectivity index (χ2n) is 9.84. The molecule has 0 aliphatic heterocycles. The van der Waals surface area contributed by atoms with Crippen LogP contribution in [0.5, 0.6) is 5.75 Å². The van der Waals surface area contributed by atoms with Gasteiger partial charge < -0.3 is 10.0 Å². The van der Waals surface area contributed by atoms with Crippen LogP contribution in [0.15, 0.2) is 24.3 Å². The fourth-order valence-electron chi connectivity index (χ4n) is 4.66. The topological polar surface area (TPSA) is 23.5 Å². The lowest BCUT2D eigenvalue weighted by atomic mass is 10.1. The highest BCUT2D eigenvalue weighted by Crippen LogP contribution is 2.27. The average molecular weight is 446 g/mol. The van der Waals surface area contributed by atoms with Gasteiger partial charge in [-0.15, -0.1) is 0 Å². The second kappa shape index (κ2) is 21.7. The first-order valence-electron chi connectivity index (χ1n) is 14.3. The molecule has 0 fully saturated rings. The summed E-state index contributed by atoms with van der Waals surface area (Å²) in [5.74, 6) is 0.437. The zero-order chi connectivity index (χ0) is 23.1. The monoisotopic (exact) mass is 445 g/mol. The van der Waals surface area contributed by atoms with Crippen LogP contribution in [0.4, 0.5) is 5.69 Å². The van der Waals surface area contributed by atoms with Crippen LogP contribution in [0, 0.1) is 0 Å². The summed E-state index contributed by atoms with van der Waals surface area (Å²) in [7, 11) is 0. The third kappa shape index (κ3) is 15.6. The Bertz CT molecular complexity index is 491. The van der Waals surface area contributed by atoms with E-state index < -0.39 is 0 Å². The van der Waals surface area contributed by atoms with Gasteiger partial charge in [0, 0.05) is 13.1 Å². The van der Waals surface area contributed by atoms with E-state index in [-0.39, 0.29) is 0 Å². The molecule has 0 aliphatic rings. The maximum absolute atomic E-state index is 10.4. The Hall–Kier alpha value is -1.18. The highest BCUT2D eigenvalue weighted by Gasteiger charge is 2.10. The van der Waals surface area contributed by atoms with Gasteiger partial charge in [-0.05, 0) is 25.0 Å². The molecule has 0 saturated heterocycles. The molecule has 0 unspecified atom stereocenters. The van der Waals surface area contributed by atoms with Gasteiger partial charge in [0.1, 0.15) is 5.75 Å². The van der Waals surface area contributed by atoms with Crippen LogP contribution >= 0.6 is 0 Å². The van der Waals surface area contributed by atoms with E-state index in [4.69, 9.17) is 0 Å². The molecule has 32 heavy (non-hydrogen) atoms. The van der Waals surface area contributed by atoms with Gasteiger partial charge in [-0.1, -0.05) is 142 Å². The van der Waals surface area contributed by atoms with Gasteiger partial charge in [-0.2, -0.15) is 0 Å². The van der Waals surface area contributed by atoms with Crippen LogP contribution in [0.25, 0.3) is 0 Å². The minimum absolute atomic E-state index is 0.437. The zero-order valence-electron chi connectivity index (χ0n) is 21.8. The van der Waals surface area contributed by atoms with E-state index in [1.54, 1.807) is 0 Å². The van der Waals surface area contributed by atoms with E-state index in [2.05, 4.69) is 30.9 Å². The summed E-state index contributed by atoms with van der Waals surface area (Å²) >= 11 is 0. The average Bonchev–Trinajstić information content (AvgIpc) is 2.80. The first kappa shape index (κ1) is 28.9. The van der Waals surface area contributed by atoms with Crippen molar-refractivity contribution in [3.63, 3.8) is 0 Å². The van der Waals surface area contributed by atoms with Gasteiger partial charge in [0.05, 0.1) is 5.69 Å². The minimum Gasteiger partial charge on any atom is -0.506 e. The van der Waals surface area contributed by atoms with Crippen molar-refractivity contribution < 1.29 is 5.11 Å². The Morgan fingerprint density at radius 1 is 0.500 bits per heavy atom. The summed E-state index contributed by atoms with van der Waals surface area (Å²) in [6, 6.07) is 7.90. The highest BCUT2D eigenvalue weighted by atomic mass is 16.3. The molecule has 1 aromatic rings. The van der Waals surface area contributed by atoms with E-state index in [1.807, 2.05) is 12.1 Å². The molecule has 0 aliphatic carbocycles. The maximum atomic E-state index is 10.4. The predicted octanol–water partition coefficient (Wildman–Crippen LogP) is 10.0. The lowest BCUT2D eigenvalue weighted by molar-refractivity contribution is 0.471. The van der Waals surface area contributed by atoms with Crippen LogP contribution < -0.4 is 4.90 Å². The molecule has 1 rings (SSSR count). The van der Waals surface area contributed by atoms with Crippen molar-refractivity contribution in [1.29, 1.82) is 0 Å². The molecule has 186 valence electrons. The molecule has 0 radical (unpaired) electrons. The molecule has 0 atom stereocenters. The molecule has 2 nitrogen and oxygen atoms in total. The van der Waals surface area contributed by atoms with Crippen LogP contribution in [0.2, 0.25) is 0 Å². The number of phenolic OH excluding ortho intramolecular Hbond substituents is 1. The van der Waals surface area contributed by atoms with Crippen molar-refractivity contribution in [3.8, 4) is 5.75 Å². The minimum atomic E-state index is 0.437. The summed E-state index contributed by atoms with van der Waals surface area (Å²) in [6.45, 7) is 6.72. The molecule has 0 amide bonds. The molecule has 0 saturated carbocycles. The first-order valence-corrected chi connectivity index (χ1v) is 14.3. The molecule has 0 bridgehead atoms. The number of rotatable bonds is 23. The summed E-state index contributed by atoms with van der Waals surface area (Å²) < 4.78 is 0. The SMILES string of the molecule is CCCCCCCCCCCCN(CCCCCCCCCCCC)c1ccccc1O. The van der Waals surface area contributed by atoms with Gasteiger partial charge in [-0.3, -0.25) is 0 Å². The number of hydrogen-bond acceptors (Lipinski definition) is 2. The Kier molecular flexibility index (Phi) is 19.5. The Labute approximate surface area is 201 Å². The summed E-state index contributed by atoms with van der Waals surface area (Å²) in [5.41, 5.74) is 1.03. The summed E-state index contributed by atoms with van der Waals surface area (Å²) in [6.07, 6.45) is 27.4. The van der Waals surface area contributed by atoms with E-state index in [9.17, 15) is 5.11 Å². The van der Waals surface area contributed by atoms with E-state index in [0.29, 0.717) is 5.75 Å². The third-order valence-corrected chi connectivity index (χ3v) is 6.79. The number of benzene rings is 1. The molecule has 0 heterocycles. The third-order valence-electron chi connectivity index (χ3n) is 6.79. The summed E-state index contributed by atoms with van der Waals surface area (Å²) in [5, 5.41) is 10.4. The van der Waals surface area contributed by atoms with Gasteiger partial charge in [0.2, 0.25) is 0 Å². The lowest BCUT2D eigenvalue weighted by Gasteiger charge is -2.25. The van der Waals surface area contributed by atoms with Gasteiger partial charge >= 0.3 is 0 Å². The molecule has 0 aromatic heterocycles. The number of unbranched alkanes of at least 4 members (excludes halogenated alkanes) is 18. The fourth-order valence-corrected chi connectivity index (χ4v) is 4.66. The quantitative estimate of drug-likeness (QED) is 0.169. The Morgan fingerprint density at radius 3 is 1.22 bits per heavy atom. The number of aromatic hydroxyl groups is 1. The van der Waals surface area contributed by atoms with Gasteiger partial charge in [0.15, 0.2) is 0 Å². The van der Waals surface area contributed by atoms with Crippen molar-refractivity contribution in [2.24, 2.45) is 0 Å². The maximum Gasteiger partial charge on any atom is 0.138 e. The van der Waals surface area contributed by atoms with Crippen LogP contribution in [-0.2, 0) is 0 Å². The molecule has 1 aromatic carbocycles. The van der Waals surface area contributed by atoms with Crippen molar-refractivity contribution in [2.75, 3.05) is 18.0 Å². The normalized spacial score (nSPS) is 11.2. The standard InChI is InChI=1S/C30H55NO/c1-3-5-7-9-11-13-15-17-19-23-27-31(29-25-21-22-26-30(29)32)28-24-20-18-16-14-12-10-8-6-4-2/h21-22,25-26,32H,3-20,23-24,27-28H2,1-2H3. The van der Waals surface area contributed by atoms with Crippen molar-refractivity contribution >= 4 is 5.69 Å². The van der Waals surface area contributed by atoms with Crippen molar-refractivity contribution in [1.82, 2.24) is 0 Å². The predicted molar refractivity (Wildman–Crippen MR) is 144 cm³/mol. The first-order chi connectivity index (χ1) is 15.8. The molecule has 2 heteroatoms. The fraction of sp³-hybridized carbons (Fsp3) is 0.800. The largest absolute Gasteiger partial charge is 0.506 e. The van der Waals surface area contributed by atoms with Crippen LogP contribution in [-0.4, -0.2) is 18.2 Å². The number of hydrogen-bond donors (Lipinski definition) is 1. The zero-order valence-corrected chi connectivity index (χ0v) is 21.8. The van der Waals surface area contributed by atoms with Crippen LogP contribution in [0.1, 0.15) is 142 Å². The van der Waals surface area contributed by atoms with Crippen LogP contribution in [0.3, 0.4) is 0 Å². The van der Waals surface area contributed by atoms with Crippen molar-refractivity contribution in [3.05, 3.63) is 24.3 Å². The molecular weight excluding hydrogens is 390 g/mol. The number of nitrogens with zero attached hydrogens (tertiary/aromatic N) is 1. The molecule has 1 N–H and O–H groups in total. The smallest absolute Gasteiger partial charge is 0.138 e. The molecular formula is C30H55NO. The highest BCUT2D eigenvalue weighted by molar-refractivity contribution is 5.57. The second-order valence-corrected chi connectivity index (χ2v) is 9.84. The lowest BCUT2D eigenvalue weighted by Crippen LogP contribution is -2.25. The number of anilines is 1. The van der Waals surface area contributed by atoms with Gasteiger partial charge in [0.25, 0.3) is 0 Å². The number of para-hydroxylation sites is 2. The van der Waals surface area contributed by atoms with E-state index >= 15 is 0 Å². The Balaban J connectivity index is 2.18. The summed E-state index contributed by atoms with van der Waals surface area (Å²) in [4.78, 5) is 2.44. The van der Waals surface area contributed by atoms with Crippen molar-refractivity contribution in [2.45, 2.75) is 142 Å². The number of phenols is 1. The molecule has 0 spiro atoms. The van der Waals surface area contributed by atoms with Gasteiger partial charge in [-0.25, -0.2) is 0 Å². The Morgan fingerprint density at radius 2 is 0.844 bits per heavy atom.